The van der Waals surface area contributed by atoms with E-state index in [1.165, 1.54) is 21.2 Å². The van der Waals surface area contributed by atoms with Gasteiger partial charge in [-0.05, 0) is 48.4 Å². The molecule has 1 unspecified atom stereocenters. The van der Waals surface area contributed by atoms with E-state index in [0.717, 1.165) is 18.7 Å². The second kappa shape index (κ2) is 6.37. The Hall–Kier alpha value is -1.71. The molecule has 2 nitrogen and oxygen atoms in total. The van der Waals surface area contributed by atoms with Crippen molar-refractivity contribution < 1.29 is 0 Å². The molecule has 0 bridgehead atoms. The van der Waals surface area contributed by atoms with Gasteiger partial charge in [0.25, 0.3) is 0 Å². The molecule has 1 aromatic carbocycles. The van der Waals surface area contributed by atoms with Gasteiger partial charge in [-0.15, -0.1) is 11.3 Å². The number of hydrogen-bond donors (Lipinski definition) is 1. The van der Waals surface area contributed by atoms with Crippen molar-refractivity contribution in [2.24, 2.45) is 0 Å². The summed E-state index contributed by atoms with van der Waals surface area (Å²) in [6.45, 7) is 5.37. The van der Waals surface area contributed by atoms with E-state index in [9.17, 15) is 0 Å². The summed E-state index contributed by atoms with van der Waals surface area (Å²) in [6, 6.07) is 13.0. The first-order chi connectivity index (χ1) is 10.3. The normalized spacial score (nSPS) is 12.7. The SMILES string of the molecule is CCCNC(c1ccsc1C)c1nccc2ccccc12. The van der Waals surface area contributed by atoms with Crippen LogP contribution in [0.15, 0.2) is 48.0 Å². The molecule has 1 atom stereocenters. The molecule has 3 aromatic rings. The van der Waals surface area contributed by atoms with Gasteiger partial charge in [-0.2, -0.15) is 0 Å². The fraction of sp³-hybridized carbons (Fsp3) is 0.278. The Morgan fingerprint density at radius 3 is 2.81 bits per heavy atom. The van der Waals surface area contributed by atoms with Crippen molar-refractivity contribution in [1.82, 2.24) is 10.3 Å². The number of benzene rings is 1. The zero-order chi connectivity index (χ0) is 14.7. The van der Waals surface area contributed by atoms with Crippen molar-refractivity contribution in [3.8, 4) is 0 Å². The van der Waals surface area contributed by atoms with Crippen LogP contribution in [0, 0.1) is 6.92 Å². The number of hydrogen-bond acceptors (Lipinski definition) is 3. The highest BCUT2D eigenvalue weighted by molar-refractivity contribution is 7.10. The van der Waals surface area contributed by atoms with Gasteiger partial charge in [0, 0.05) is 16.5 Å². The molecule has 2 aromatic heterocycles. The zero-order valence-electron chi connectivity index (χ0n) is 12.5. The highest BCUT2D eigenvalue weighted by Crippen LogP contribution is 2.31. The van der Waals surface area contributed by atoms with Gasteiger partial charge in [-0.25, -0.2) is 0 Å². The van der Waals surface area contributed by atoms with Crippen molar-refractivity contribution in [3.63, 3.8) is 0 Å². The molecule has 0 aliphatic carbocycles. The second-order valence-corrected chi connectivity index (χ2v) is 6.36. The molecule has 0 radical (unpaired) electrons. The maximum Gasteiger partial charge on any atom is 0.0768 e. The molecule has 0 aliphatic rings. The number of fused-ring (bicyclic) bond motifs is 1. The smallest absolute Gasteiger partial charge is 0.0768 e. The Kier molecular flexibility index (Phi) is 4.32. The number of aromatic nitrogens is 1. The molecule has 0 amide bonds. The van der Waals surface area contributed by atoms with E-state index < -0.39 is 0 Å². The Morgan fingerprint density at radius 1 is 1.19 bits per heavy atom. The van der Waals surface area contributed by atoms with Crippen molar-refractivity contribution in [1.29, 1.82) is 0 Å². The Morgan fingerprint density at radius 2 is 2.05 bits per heavy atom. The lowest BCUT2D eigenvalue weighted by Gasteiger charge is -2.20. The number of pyridine rings is 1. The monoisotopic (exact) mass is 296 g/mol. The fourth-order valence-corrected chi connectivity index (χ4v) is 3.45. The standard InChI is InChI=1S/C18H20N2S/c1-3-10-19-17(15-9-12-21-13(15)2)18-16-7-5-4-6-14(16)8-11-20-18/h4-9,11-12,17,19H,3,10H2,1-2H3. The molecule has 21 heavy (non-hydrogen) atoms. The van der Waals surface area contributed by atoms with Crippen LogP contribution in [0.3, 0.4) is 0 Å². The van der Waals surface area contributed by atoms with Crippen molar-refractivity contribution in [2.75, 3.05) is 6.54 Å². The van der Waals surface area contributed by atoms with E-state index >= 15 is 0 Å². The van der Waals surface area contributed by atoms with Crippen LogP contribution in [0.4, 0.5) is 0 Å². The molecule has 1 N–H and O–H groups in total. The maximum atomic E-state index is 4.70. The Balaban J connectivity index is 2.12. The maximum absolute atomic E-state index is 4.70. The first-order valence-corrected chi connectivity index (χ1v) is 8.30. The lowest BCUT2D eigenvalue weighted by molar-refractivity contribution is 0.590. The molecule has 0 spiro atoms. The van der Waals surface area contributed by atoms with Gasteiger partial charge in [-0.3, -0.25) is 4.98 Å². The van der Waals surface area contributed by atoms with Crippen molar-refractivity contribution in [2.45, 2.75) is 26.3 Å². The summed E-state index contributed by atoms with van der Waals surface area (Å²) in [7, 11) is 0. The van der Waals surface area contributed by atoms with Crippen LogP contribution < -0.4 is 5.32 Å². The van der Waals surface area contributed by atoms with Gasteiger partial charge < -0.3 is 5.32 Å². The van der Waals surface area contributed by atoms with Crippen molar-refractivity contribution in [3.05, 3.63) is 64.1 Å². The van der Waals surface area contributed by atoms with E-state index in [-0.39, 0.29) is 6.04 Å². The summed E-state index contributed by atoms with van der Waals surface area (Å²) in [4.78, 5) is 6.06. The molecular weight excluding hydrogens is 276 g/mol. The number of thiophene rings is 1. The van der Waals surface area contributed by atoms with E-state index in [4.69, 9.17) is 4.98 Å². The summed E-state index contributed by atoms with van der Waals surface area (Å²) in [5.74, 6) is 0. The quantitative estimate of drug-likeness (QED) is 0.738. The predicted molar refractivity (Wildman–Crippen MR) is 90.9 cm³/mol. The van der Waals surface area contributed by atoms with E-state index in [1.54, 1.807) is 11.3 Å². The summed E-state index contributed by atoms with van der Waals surface area (Å²) < 4.78 is 0. The summed E-state index contributed by atoms with van der Waals surface area (Å²) >= 11 is 1.80. The number of nitrogens with zero attached hydrogens (tertiary/aromatic N) is 1. The second-order valence-electron chi connectivity index (χ2n) is 5.24. The summed E-state index contributed by atoms with van der Waals surface area (Å²) in [5.41, 5.74) is 2.47. The summed E-state index contributed by atoms with van der Waals surface area (Å²) in [6.07, 6.45) is 3.03. The van der Waals surface area contributed by atoms with Crippen LogP contribution in [0.1, 0.15) is 35.5 Å². The van der Waals surface area contributed by atoms with Gasteiger partial charge in [0.1, 0.15) is 0 Å². The molecule has 2 heterocycles. The average molecular weight is 296 g/mol. The van der Waals surface area contributed by atoms with E-state index in [2.05, 4.69) is 60.9 Å². The largest absolute Gasteiger partial charge is 0.305 e. The molecule has 3 heteroatoms. The van der Waals surface area contributed by atoms with Crippen molar-refractivity contribution >= 4 is 22.1 Å². The van der Waals surface area contributed by atoms with E-state index in [0.29, 0.717) is 0 Å². The first kappa shape index (κ1) is 14.2. The lowest BCUT2D eigenvalue weighted by Crippen LogP contribution is -2.24. The third-order valence-corrected chi connectivity index (χ3v) is 4.65. The van der Waals surface area contributed by atoms with Gasteiger partial charge in [0.05, 0.1) is 11.7 Å². The molecule has 108 valence electrons. The van der Waals surface area contributed by atoms with Gasteiger partial charge >= 0.3 is 0 Å². The lowest BCUT2D eigenvalue weighted by atomic mass is 9.99. The van der Waals surface area contributed by atoms with Gasteiger partial charge in [-0.1, -0.05) is 31.2 Å². The zero-order valence-corrected chi connectivity index (χ0v) is 13.3. The van der Waals surface area contributed by atoms with Crippen LogP contribution in [-0.4, -0.2) is 11.5 Å². The van der Waals surface area contributed by atoms with Gasteiger partial charge in [0.15, 0.2) is 0 Å². The topological polar surface area (TPSA) is 24.9 Å². The summed E-state index contributed by atoms with van der Waals surface area (Å²) in [5, 5.41) is 8.31. The minimum absolute atomic E-state index is 0.169. The number of rotatable bonds is 5. The highest BCUT2D eigenvalue weighted by atomic mass is 32.1. The first-order valence-electron chi connectivity index (χ1n) is 7.42. The molecule has 0 saturated heterocycles. The van der Waals surface area contributed by atoms with Crippen LogP contribution in [-0.2, 0) is 0 Å². The molecule has 0 aliphatic heterocycles. The number of nitrogens with one attached hydrogen (secondary N) is 1. The van der Waals surface area contributed by atoms with Crippen LogP contribution in [0.25, 0.3) is 10.8 Å². The van der Waals surface area contributed by atoms with E-state index in [1.807, 2.05) is 6.20 Å². The van der Waals surface area contributed by atoms with Crippen LogP contribution in [0.2, 0.25) is 0 Å². The third-order valence-electron chi connectivity index (χ3n) is 3.79. The van der Waals surface area contributed by atoms with Crippen LogP contribution >= 0.6 is 11.3 Å². The minimum atomic E-state index is 0.169. The molecule has 0 fully saturated rings. The average Bonchev–Trinajstić information content (AvgIpc) is 2.94. The molecular formula is C18H20N2S. The minimum Gasteiger partial charge on any atom is -0.305 e. The van der Waals surface area contributed by atoms with Gasteiger partial charge in [0.2, 0.25) is 0 Å². The highest BCUT2D eigenvalue weighted by Gasteiger charge is 2.19. The Bertz CT molecular complexity index is 727. The predicted octanol–water partition coefficient (Wildman–Crippen LogP) is 4.69. The van der Waals surface area contributed by atoms with Crippen LogP contribution in [0.5, 0.6) is 0 Å². The molecule has 0 saturated carbocycles. The Labute approximate surface area is 129 Å². The fourth-order valence-electron chi connectivity index (χ4n) is 2.71. The number of aryl methyl sites for hydroxylation is 1. The third kappa shape index (κ3) is 2.85. The molecule has 3 rings (SSSR count).